The van der Waals surface area contributed by atoms with Crippen molar-refractivity contribution in [1.82, 2.24) is 9.29 Å². The van der Waals surface area contributed by atoms with Gasteiger partial charge in [-0.2, -0.15) is 4.31 Å². The van der Waals surface area contributed by atoms with Crippen molar-refractivity contribution in [2.75, 3.05) is 49.6 Å². The zero-order valence-electron chi connectivity index (χ0n) is 18.0. The van der Waals surface area contributed by atoms with Gasteiger partial charge in [0.1, 0.15) is 5.82 Å². The number of amides is 1. The number of rotatable bonds is 5. The number of morpholine rings is 1. The molecular formula is C22H27ClN4O4S. The highest BCUT2D eigenvalue weighted by atomic mass is 35.5. The summed E-state index contributed by atoms with van der Waals surface area (Å²) in [6.45, 7) is 4.47. The van der Waals surface area contributed by atoms with Crippen LogP contribution in [0.2, 0.25) is 5.02 Å². The molecule has 2 saturated heterocycles. The van der Waals surface area contributed by atoms with Gasteiger partial charge in [-0.25, -0.2) is 13.4 Å². The number of piperidine rings is 1. The molecule has 2 aliphatic rings. The van der Waals surface area contributed by atoms with Crippen molar-refractivity contribution in [2.24, 2.45) is 5.92 Å². The molecule has 0 aliphatic carbocycles. The Labute approximate surface area is 193 Å². The largest absolute Gasteiger partial charge is 0.379 e. The molecule has 0 bridgehead atoms. The Kier molecular flexibility index (Phi) is 6.99. The Morgan fingerprint density at radius 3 is 2.75 bits per heavy atom. The summed E-state index contributed by atoms with van der Waals surface area (Å²) in [5.41, 5.74) is 1.11. The third kappa shape index (κ3) is 4.91. The SMILES string of the molecule is Cc1ccc(NC(=O)C2CCCN(c3ncccc3Cl)C2)cc1S(=O)(=O)N1CCOCC1. The molecule has 4 rings (SSSR count). The number of nitrogens with one attached hydrogen (secondary N) is 1. The van der Waals surface area contributed by atoms with Gasteiger partial charge < -0.3 is 15.0 Å². The van der Waals surface area contributed by atoms with Gasteiger partial charge in [-0.1, -0.05) is 17.7 Å². The van der Waals surface area contributed by atoms with Crippen LogP contribution >= 0.6 is 11.6 Å². The minimum Gasteiger partial charge on any atom is -0.379 e. The number of sulfonamides is 1. The van der Waals surface area contributed by atoms with Crippen LogP contribution in [0.3, 0.4) is 0 Å². The average molecular weight is 479 g/mol. The number of nitrogens with zero attached hydrogens (tertiary/aromatic N) is 3. The van der Waals surface area contributed by atoms with E-state index in [1.807, 2.05) is 4.90 Å². The molecule has 2 aliphatic heterocycles. The zero-order valence-corrected chi connectivity index (χ0v) is 19.5. The third-order valence-corrected chi connectivity index (χ3v) is 8.21. The number of hydrogen-bond donors (Lipinski definition) is 1. The van der Waals surface area contributed by atoms with Crippen LogP contribution in [0.5, 0.6) is 0 Å². The molecular weight excluding hydrogens is 452 g/mol. The Bertz CT molecular complexity index is 1090. The number of benzene rings is 1. The Morgan fingerprint density at radius 1 is 1.22 bits per heavy atom. The van der Waals surface area contributed by atoms with Crippen LogP contribution in [0.1, 0.15) is 18.4 Å². The van der Waals surface area contributed by atoms with Crippen LogP contribution in [0.15, 0.2) is 41.4 Å². The van der Waals surface area contributed by atoms with Crippen LogP contribution in [0.4, 0.5) is 11.5 Å². The van der Waals surface area contributed by atoms with Gasteiger partial charge in [-0.05, 0) is 49.6 Å². The van der Waals surface area contributed by atoms with Crippen molar-refractivity contribution in [3.05, 3.63) is 47.1 Å². The number of aromatic nitrogens is 1. The van der Waals surface area contributed by atoms with E-state index in [0.717, 1.165) is 19.4 Å². The van der Waals surface area contributed by atoms with Gasteiger partial charge in [-0.3, -0.25) is 4.79 Å². The second-order valence-corrected chi connectivity index (χ2v) is 10.4. The van der Waals surface area contributed by atoms with Crippen LogP contribution in [0.25, 0.3) is 0 Å². The van der Waals surface area contributed by atoms with E-state index in [-0.39, 0.29) is 16.7 Å². The quantitative estimate of drug-likeness (QED) is 0.710. The first-order valence-corrected chi connectivity index (χ1v) is 12.5. The highest BCUT2D eigenvalue weighted by Gasteiger charge is 2.30. The molecule has 172 valence electrons. The smallest absolute Gasteiger partial charge is 0.243 e. The van der Waals surface area contributed by atoms with Crippen LogP contribution < -0.4 is 10.2 Å². The molecule has 32 heavy (non-hydrogen) atoms. The first kappa shape index (κ1) is 23.0. The average Bonchev–Trinajstić information content (AvgIpc) is 2.81. The maximum atomic E-state index is 13.1. The Balaban J connectivity index is 1.49. The normalized spacial score (nSPS) is 20.2. The van der Waals surface area contributed by atoms with Gasteiger partial charge in [0.15, 0.2) is 0 Å². The second-order valence-electron chi connectivity index (χ2n) is 8.08. The Morgan fingerprint density at radius 2 is 2.00 bits per heavy atom. The fraction of sp³-hybridized carbons (Fsp3) is 0.455. The van der Waals surface area contributed by atoms with Crippen LogP contribution in [-0.2, 0) is 19.6 Å². The molecule has 1 aromatic heterocycles. The molecule has 0 saturated carbocycles. The van der Waals surface area contributed by atoms with Crippen LogP contribution in [-0.4, -0.2) is 63.0 Å². The summed E-state index contributed by atoms with van der Waals surface area (Å²) in [7, 11) is -3.65. The fourth-order valence-electron chi connectivity index (χ4n) is 4.12. The summed E-state index contributed by atoms with van der Waals surface area (Å²) in [5.74, 6) is 0.295. The van der Waals surface area contributed by atoms with Gasteiger partial charge in [0, 0.05) is 38.1 Å². The maximum absolute atomic E-state index is 13.1. The van der Waals surface area contributed by atoms with Crippen molar-refractivity contribution in [2.45, 2.75) is 24.7 Å². The predicted octanol–water partition coefficient (Wildman–Crippen LogP) is 2.92. The monoisotopic (exact) mass is 478 g/mol. The molecule has 3 heterocycles. The molecule has 2 fully saturated rings. The van der Waals surface area contributed by atoms with E-state index in [1.165, 1.54) is 4.31 Å². The van der Waals surface area contributed by atoms with Crippen molar-refractivity contribution in [3.63, 3.8) is 0 Å². The van der Waals surface area contributed by atoms with E-state index in [2.05, 4.69) is 10.3 Å². The number of anilines is 2. The molecule has 1 amide bonds. The lowest BCUT2D eigenvalue weighted by atomic mass is 9.97. The summed E-state index contributed by atoms with van der Waals surface area (Å²) in [4.78, 5) is 19.6. The van der Waals surface area contributed by atoms with Crippen molar-refractivity contribution in [3.8, 4) is 0 Å². The maximum Gasteiger partial charge on any atom is 0.243 e. The molecule has 0 radical (unpaired) electrons. The minimum atomic E-state index is -3.65. The molecule has 2 aromatic rings. The lowest BCUT2D eigenvalue weighted by Gasteiger charge is -2.33. The molecule has 1 unspecified atom stereocenters. The Hall–Kier alpha value is -2.20. The summed E-state index contributed by atoms with van der Waals surface area (Å²) in [6.07, 6.45) is 3.28. The zero-order chi connectivity index (χ0) is 22.7. The lowest BCUT2D eigenvalue weighted by Crippen LogP contribution is -2.41. The summed E-state index contributed by atoms with van der Waals surface area (Å²) >= 11 is 6.28. The number of carbonyl (C=O) groups excluding carboxylic acids is 1. The minimum absolute atomic E-state index is 0.139. The first-order valence-electron chi connectivity index (χ1n) is 10.7. The highest BCUT2D eigenvalue weighted by molar-refractivity contribution is 7.89. The van der Waals surface area contributed by atoms with E-state index >= 15 is 0 Å². The molecule has 8 nitrogen and oxygen atoms in total. The topological polar surface area (TPSA) is 91.8 Å². The van der Waals surface area contributed by atoms with E-state index in [9.17, 15) is 13.2 Å². The number of ether oxygens (including phenoxy) is 1. The standard InChI is InChI=1S/C22H27ClN4O4S/c1-16-6-7-18(14-20(16)32(29,30)27-10-12-31-13-11-27)25-22(28)17-4-3-9-26(15-17)21-19(23)5-2-8-24-21/h2,5-8,14,17H,3-4,9-13,15H2,1H3,(H,25,28). The van der Waals surface area contributed by atoms with E-state index in [0.29, 0.717) is 54.9 Å². The van der Waals surface area contributed by atoms with Gasteiger partial charge in [-0.15, -0.1) is 0 Å². The number of pyridine rings is 1. The van der Waals surface area contributed by atoms with Gasteiger partial charge in [0.2, 0.25) is 15.9 Å². The highest BCUT2D eigenvalue weighted by Crippen LogP contribution is 2.29. The summed E-state index contributed by atoms with van der Waals surface area (Å²) < 4.78 is 32.9. The molecule has 1 N–H and O–H groups in total. The van der Waals surface area contributed by atoms with Gasteiger partial charge >= 0.3 is 0 Å². The molecule has 1 aromatic carbocycles. The second kappa shape index (κ2) is 9.74. The number of hydrogen-bond acceptors (Lipinski definition) is 6. The number of carbonyl (C=O) groups is 1. The molecule has 10 heteroatoms. The van der Waals surface area contributed by atoms with Gasteiger partial charge in [0.25, 0.3) is 0 Å². The van der Waals surface area contributed by atoms with E-state index in [4.69, 9.17) is 16.3 Å². The van der Waals surface area contributed by atoms with Crippen LogP contribution in [0, 0.1) is 12.8 Å². The molecule has 0 spiro atoms. The third-order valence-electron chi connectivity index (χ3n) is 5.87. The predicted molar refractivity (Wildman–Crippen MR) is 124 cm³/mol. The van der Waals surface area contributed by atoms with E-state index < -0.39 is 10.0 Å². The molecule has 1 atom stereocenters. The lowest BCUT2D eigenvalue weighted by molar-refractivity contribution is -0.120. The number of aryl methyl sites for hydroxylation is 1. The van der Waals surface area contributed by atoms with Crippen molar-refractivity contribution in [1.29, 1.82) is 0 Å². The number of halogens is 1. The fourth-order valence-corrected chi connectivity index (χ4v) is 6.02. The van der Waals surface area contributed by atoms with Crippen molar-refractivity contribution >= 4 is 39.0 Å². The summed E-state index contributed by atoms with van der Waals surface area (Å²) in [5, 5.41) is 3.47. The van der Waals surface area contributed by atoms with Gasteiger partial charge in [0.05, 0.1) is 29.0 Å². The van der Waals surface area contributed by atoms with Crippen molar-refractivity contribution < 1.29 is 17.9 Å². The van der Waals surface area contributed by atoms with E-state index in [1.54, 1.807) is 43.5 Å². The summed E-state index contributed by atoms with van der Waals surface area (Å²) in [6, 6.07) is 8.58. The first-order chi connectivity index (χ1) is 15.4.